The topological polar surface area (TPSA) is 38.9 Å². The van der Waals surface area contributed by atoms with Crippen LogP contribution in [0.4, 0.5) is 8.78 Å². The first-order valence-corrected chi connectivity index (χ1v) is 6.20. The molecule has 1 atom stereocenters. The van der Waals surface area contributed by atoms with E-state index in [1.165, 1.54) is 0 Å². The van der Waals surface area contributed by atoms with Crippen LogP contribution < -0.4 is 5.73 Å². The van der Waals surface area contributed by atoms with E-state index < -0.39 is 17.7 Å². The van der Waals surface area contributed by atoms with Crippen molar-refractivity contribution in [2.45, 2.75) is 6.04 Å². The third-order valence-electron chi connectivity index (χ3n) is 3.35. The molecule has 0 aliphatic rings. The molecule has 1 heterocycles. The molecule has 20 heavy (non-hydrogen) atoms. The lowest BCUT2D eigenvalue weighted by Crippen LogP contribution is -2.14. The minimum atomic E-state index is -0.737. The van der Waals surface area contributed by atoms with Gasteiger partial charge >= 0.3 is 0 Å². The van der Waals surface area contributed by atoms with Gasteiger partial charge in [-0.25, -0.2) is 8.78 Å². The summed E-state index contributed by atoms with van der Waals surface area (Å²) in [7, 11) is 0. The molecule has 0 radical (unpaired) electrons. The van der Waals surface area contributed by atoms with Crippen molar-refractivity contribution in [1.29, 1.82) is 0 Å². The Morgan fingerprint density at radius 1 is 1.00 bits per heavy atom. The van der Waals surface area contributed by atoms with Crippen LogP contribution in [0.2, 0.25) is 0 Å². The molecular weight excluding hydrogens is 258 g/mol. The number of fused-ring (bicyclic) bond motifs is 1. The molecule has 2 aromatic carbocycles. The lowest BCUT2D eigenvalue weighted by atomic mass is 9.95. The summed E-state index contributed by atoms with van der Waals surface area (Å²) in [4.78, 5) is 4.07. The molecule has 3 aromatic rings. The number of nitrogens with zero attached hydrogens (tertiary/aromatic N) is 1. The van der Waals surface area contributed by atoms with Gasteiger partial charge in [0, 0.05) is 23.3 Å². The van der Waals surface area contributed by atoms with E-state index in [0.29, 0.717) is 0 Å². The molecule has 3 rings (SSSR count). The molecule has 0 aliphatic heterocycles. The molecule has 0 aliphatic carbocycles. The van der Waals surface area contributed by atoms with E-state index in [-0.39, 0.29) is 5.56 Å². The van der Waals surface area contributed by atoms with Crippen LogP contribution in [0, 0.1) is 11.6 Å². The number of halogens is 2. The fourth-order valence-electron chi connectivity index (χ4n) is 2.33. The van der Waals surface area contributed by atoms with Crippen molar-refractivity contribution in [2.75, 3.05) is 0 Å². The summed E-state index contributed by atoms with van der Waals surface area (Å²) >= 11 is 0. The van der Waals surface area contributed by atoms with E-state index in [2.05, 4.69) is 4.98 Å². The summed E-state index contributed by atoms with van der Waals surface area (Å²) in [6.45, 7) is 0. The van der Waals surface area contributed by atoms with Crippen LogP contribution in [-0.2, 0) is 0 Å². The molecule has 2 nitrogen and oxygen atoms in total. The first-order chi connectivity index (χ1) is 9.66. The maximum Gasteiger partial charge on any atom is 0.128 e. The van der Waals surface area contributed by atoms with Crippen LogP contribution in [0.25, 0.3) is 10.8 Å². The summed E-state index contributed by atoms with van der Waals surface area (Å²) in [5.41, 5.74) is 6.98. The zero-order valence-corrected chi connectivity index (χ0v) is 10.6. The first kappa shape index (κ1) is 12.7. The van der Waals surface area contributed by atoms with E-state index in [4.69, 9.17) is 5.73 Å². The molecule has 1 aromatic heterocycles. The van der Waals surface area contributed by atoms with Crippen molar-refractivity contribution in [2.24, 2.45) is 5.73 Å². The summed E-state index contributed by atoms with van der Waals surface area (Å²) in [6, 6.07) is 9.99. The lowest BCUT2D eigenvalue weighted by molar-refractivity contribution is 0.577. The van der Waals surface area contributed by atoms with Crippen LogP contribution in [0.15, 0.2) is 54.9 Å². The fraction of sp³-hybridized carbons (Fsp3) is 0.0625. The predicted molar refractivity (Wildman–Crippen MR) is 74.1 cm³/mol. The Morgan fingerprint density at radius 2 is 1.85 bits per heavy atom. The highest BCUT2D eigenvalue weighted by atomic mass is 19.1. The molecule has 0 fully saturated rings. The highest BCUT2D eigenvalue weighted by Gasteiger charge is 2.16. The quantitative estimate of drug-likeness (QED) is 0.773. The Kier molecular flexibility index (Phi) is 3.16. The smallest absolute Gasteiger partial charge is 0.128 e. The van der Waals surface area contributed by atoms with Gasteiger partial charge in [-0.3, -0.25) is 4.98 Å². The standard InChI is InChI=1S/C16H12F2N2/c17-11-4-5-15(18)13(8-11)16(19)12-3-1-2-10-6-7-20-9-14(10)12/h1-9,16H,19H2. The Morgan fingerprint density at radius 3 is 2.70 bits per heavy atom. The molecule has 0 spiro atoms. The van der Waals surface area contributed by atoms with Crippen molar-refractivity contribution >= 4 is 10.8 Å². The number of rotatable bonds is 2. The molecule has 1 unspecified atom stereocenters. The normalized spacial score (nSPS) is 12.6. The monoisotopic (exact) mass is 270 g/mol. The maximum absolute atomic E-state index is 13.8. The predicted octanol–water partition coefficient (Wildman–Crippen LogP) is 3.56. The van der Waals surface area contributed by atoms with Gasteiger partial charge in [0.1, 0.15) is 11.6 Å². The minimum Gasteiger partial charge on any atom is -0.320 e. The molecule has 4 heteroatoms. The van der Waals surface area contributed by atoms with Crippen molar-refractivity contribution in [3.05, 3.63) is 77.6 Å². The Balaban J connectivity index is 2.17. The minimum absolute atomic E-state index is 0.140. The van der Waals surface area contributed by atoms with Gasteiger partial charge in [-0.15, -0.1) is 0 Å². The molecular formula is C16H12F2N2. The number of aromatic nitrogens is 1. The molecule has 0 bridgehead atoms. The summed E-state index contributed by atoms with van der Waals surface area (Å²) in [5, 5.41) is 1.80. The first-order valence-electron chi connectivity index (χ1n) is 6.20. The highest BCUT2D eigenvalue weighted by molar-refractivity contribution is 5.85. The highest BCUT2D eigenvalue weighted by Crippen LogP contribution is 2.28. The van der Waals surface area contributed by atoms with Crippen molar-refractivity contribution in [3.8, 4) is 0 Å². The second-order valence-corrected chi connectivity index (χ2v) is 4.59. The SMILES string of the molecule is NC(c1cc(F)ccc1F)c1cccc2ccncc12. The Labute approximate surface area is 114 Å². The second kappa shape index (κ2) is 4.98. The van der Waals surface area contributed by atoms with Gasteiger partial charge in [0.05, 0.1) is 6.04 Å². The average molecular weight is 270 g/mol. The third-order valence-corrected chi connectivity index (χ3v) is 3.35. The average Bonchev–Trinajstić information content (AvgIpc) is 2.48. The largest absolute Gasteiger partial charge is 0.320 e. The van der Waals surface area contributed by atoms with Gasteiger partial charge in [0.2, 0.25) is 0 Å². The molecule has 0 amide bonds. The van der Waals surface area contributed by atoms with Crippen LogP contribution in [0.5, 0.6) is 0 Å². The van der Waals surface area contributed by atoms with Crippen molar-refractivity contribution in [1.82, 2.24) is 4.98 Å². The zero-order chi connectivity index (χ0) is 14.1. The number of hydrogen-bond donors (Lipinski definition) is 1. The Bertz CT molecular complexity index is 766. The fourth-order valence-corrected chi connectivity index (χ4v) is 2.33. The summed E-state index contributed by atoms with van der Waals surface area (Å²) in [5.74, 6) is -1.02. The van der Waals surface area contributed by atoms with Crippen LogP contribution in [-0.4, -0.2) is 4.98 Å². The number of hydrogen-bond acceptors (Lipinski definition) is 2. The van der Waals surface area contributed by atoms with E-state index in [9.17, 15) is 8.78 Å². The number of nitrogens with two attached hydrogens (primary N) is 1. The summed E-state index contributed by atoms with van der Waals surface area (Å²) < 4.78 is 27.1. The van der Waals surface area contributed by atoms with Crippen molar-refractivity contribution in [3.63, 3.8) is 0 Å². The van der Waals surface area contributed by atoms with Gasteiger partial charge in [-0.1, -0.05) is 18.2 Å². The number of benzene rings is 2. The van der Waals surface area contributed by atoms with Crippen LogP contribution in [0.3, 0.4) is 0 Å². The summed E-state index contributed by atoms with van der Waals surface area (Å²) in [6.07, 6.45) is 3.36. The Hall–Kier alpha value is -2.33. The van der Waals surface area contributed by atoms with E-state index in [1.54, 1.807) is 18.5 Å². The van der Waals surface area contributed by atoms with Gasteiger partial charge in [-0.2, -0.15) is 0 Å². The second-order valence-electron chi connectivity index (χ2n) is 4.59. The van der Waals surface area contributed by atoms with Crippen molar-refractivity contribution < 1.29 is 8.78 Å². The molecule has 0 saturated heterocycles. The lowest BCUT2D eigenvalue weighted by Gasteiger charge is -2.15. The number of pyridine rings is 1. The molecule has 100 valence electrons. The molecule has 0 saturated carbocycles. The zero-order valence-electron chi connectivity index (χ0n) is 10.6. The van der Waals surface area contributed by atoms with Gasteiger partial charge in [0.25, 0.3) is 0 Å². The van der Waals surface area contributed by atoms with E-state index >= 15 is 0 Å². The van der Waals surface area contributed by atoms with Gasteiger partial charge < -0.3 is 5.73 Å². The molecule has 2 N–H and O–H groups in total. The van der Waals surface area contributed by atoms with E-state index in [0.717, 1.165) is 34.5 Å². The van der Waals surface area contributed by atoms with Crippen LogP contribution in [0.1, 0.15) is 17.2 Å². The maximum atomic E-state index is 13.8. The van der Waals surface area contributed by atoms with Gasteiger partial charge in [0.15, 0.2) is 0 Å². The third kappa shape index (κ3) is 2.14. The van der Waals surface area contributed by atoms with E-state index in [1.807, 2.05) is 18.2 Å². The van der Waals surface area contributed by atoms with Gasteiger partial charge in [-0.05, 0) is 35.2 Å². The van der Waals surface area contributed by atoms with Crippen LogP contribution >= 0.6 is 0 Å².